The van der Waals surface area contributed by atoms with Crippen molar-refractivity contribution < 1.29 is 13.2 Å². The van der Waals surface area contributed by atoms with Gasteiger partial charge in [0.05, 0.1) is 6.42 Å². The second-order valence-corrected chi connectivity index (χ2v) is 4.87. The highest BCUT2D eigenvalue weighted by atomic mass is 79.9. The Morgan fingerprint density at radius 3 is 2.83 bits per heavy atom. The third-order valence-corrected chi connectivity index (χ3v) is 2.68. The molecule has 0 saturated carbocycles. The van der Waals surface area contributed by atoms with Crippen molar-refractivity contribution in [2.24, 2.45) is 0 Å². The number of nitrogens with one attached hydrogen (secondary N) is 1. The Morgan fingerprint density at radius 2 is 2.17 bits per heavy atom. The van der Waals surface area contributed by atoms with Gasteiger partial charge in [0.1, 0.15) is 0 Å². The van der Waals surface area contributed by atoms with Gasteiger partial charge in [-0.2, -0.15) is 18.2 Å². The van der Waals surface area contributed by atoms with E-state index in [2.05, 4.69) is 31.3 Å². The van der Waals surface area contributed by atoms with E-state index in [0.717, 1.165) is 4.47 Å². The third-order valence-electron chi connectivity index (χ3n) is 2.21. The topological polar surface area (TPSA) is 42.2 Å². The minimum atomic E-state index is -4.20. The molecule has 0 aliphatic rings. The third kappa shape index (κ3) is 3.34. The number of hydrogen-bond donors (Lipinski definition) is 1. The first-order valence-corrected chi connectivity index (χ1v) is 5.98. The summed E-state index contributed by atoms with van der Waals surface area (Å²) in [7, 11) is 0. The van der Waals surface area contributed by atoms with Crippen LogP contribution in [0.2, 0.25) is 0 Å². The number of pyridine rings is 1. The molecular formula is C10H10BrF3N4. The van der Waals surface area contributed by atoms with Crippen molar-refractivity contribution in [2.45, 2.75) is 25.6 Å². The molecule has 2 heterocycles. The van der Waals surface area contributed by atoms with Gasteiger partial charge in [-0.3, -0.25) is 0 Å². The van der Waals surface area contributed by atoms with E-state index < -0.39 is 18.6 Å². The maximum Gasteiger partial charge on any atom is 0.391 e. The summed E-state index contributed by atoms with van der Waals surface area (Å²) in [6.07, 6.45) is -3.44. The first-order chi connectivity index (χ1) is 8.33. The molecule has 1 N–H and O–H groups in total. The van der Waals surface area contributed by atoms with Crippen molar-refractivity contribution in [1.82, 2.24) is 14.6 Å². The van der Waals surface area contributed by atoms with Crippen LogP contribution in [0.1, 0.15) is 13.3 Å². The molecule has 0 aromatic carbocycles. The minimum Gasteiger partial charge on any atom is -0.350 e. The fraction of sp³-hybridized carbons (Fsp3) is 0.400. The number of alkyl halides is 3. The Bertz CT molecular complexity index is 552. The van der Waals surface area contributed by atoms with Crippen molar-refractivity contribution in [3.05, 3.63) is 22.8 Å². The lowest BCUT2D eigenvalue weighted by molar-refractivity contribution is -0.136. The summed E-state index contributed by atoms with van der Waals surface area (Å²) in [5.41, 5.74) is 0.569. The standard InChI is InChI=1S/C10H10BrF3N4/c1-6(4-10(12,13)14)15-9-16-8-3-2-7(11)5-18(8)17-9/h2-3,5-6H,4H2,1H3,(H,15,17). The summed E-state index contributed by atoms with van der Waals surface area (Å²) in [5.74, 6) is 0.185. The molecule has 18 heavy (non-hydrogen) atoms. The summed E-state index contributed by atoms with van der Waals surface area (Å²) in [6, 6.07) is 2.73. The van der Waals surface area contributed by atoms with Crippen LogP contribution in [0, 0.1) is 0 Å². The summed E-state index contributed by atoms with van der Waals surface area (Å²) < 4.78 is 38.8. The molecule has 1 atom stereocenters. The predicted octanol–water partition coefficient (Wildman–Crippen LogP) is 3.24. The lowest BCUT2D eigenvalue weighted by atomic mass is 10.2. The van der Waals surface area contributed by atoms with E-state index in [-0.39, 0.29) is 5.95 Å². The highest BCUT2D eigenvalue weighted by Gasteiger charge is 2.30. The molecule has 0 aliphatic heterocycles. The van der Waals surface area contributed by atoms with Crippen LogP contribution >= 0.6 is 15.9 Å². The van der Waals surface area contributed by atoms with Gasteiger partial charge >= 0.3 is 6.18 Å². The van der Waals surface area contributed by atoms with Crippen molar-refractivity contribution >= 4 is 27.5 Å². The van der Waals surface area contributed by atoms with Crippen LogP contribution in [0.15, 0.2) is 22.8 Å². The Kier molecular flexibility index (Phi) is 3.47. The van der Waals surface area contributed by atoms with Crippen molar-refractivity contribution in [3.8, 4) is 0 Å². The molecule has 0 amide bonds. The van der Waals surface area contributed by atoms with Gasteiger partial charge in [0.2, 0.25) is 5.95 Å². The van der Waals surface area contributed by atoms with E-state index in [4.69, 9.17) is 0 Å². The lowest BCUT2D eigenvalue weighted by Gasteiger charge is -2.13. The van der Waals surface area contributed by atoms with Crippen LogP contribution in [0.25, 0.3) is 5.65 Å². The zero-order valence-corrected chi connectivity index (χ0v) is 11.0. The number of anilines is 1. The van der Waals surface area contributed by atoms with E-state index in [1.807, 2.05) is 0 Å². The fourth-order valence-electron chi connectivity index (χ4n) is 1.54. The Morgan fingerprint density at radius 1 is 1.44 bits per heavy atom. The van der Waals surface area contributed by atoms with Crippen molar-refractivity contribution in [3.63, 3.8) is 0 Å². The molecule has 0 bridgehead atoms. The molecule has 0 fully saturated rings. The second-order valence-electron chi connectivity index (χ2n) is 3.95. The normalized spacial score (nSPS) is 13.8. The summed E-state index contributed by atoms with van der Waals surface area (Å²) >= 11 is 3.27. The quantitative estimate of drug-likeness (QED) is 0.943. The fourth-order valence-corrected chi connectivity index (χ4v) is 1.86. The number of hydrogen-bond acceptors (Lipinski definition) is 3. The molecule has 0 radical (unpaired) electrons. The lowest BCUT2D eigenvalue weighted by Crippen LogP contribution is -2.24. The van der Waals surface area contributed by atoms with E-state index in [0.29, 0.717) is 5.65 Å². The monoisotopic (exact) mass is 322 g/mol. The number of rotatable bonds is 3. The molecule has 0 aliphatic carbocycles. The van der Waals surface area contributed by atoms with Gasteiger partial charge in [0.25, 0.3) is 0 Å². The van der Waals surface area contributed by atoms with Gasteiger partial charge in [-0.05, 0) is 35.0 Å². The molecule has 2 rings (SSSR count). The van der Waals surface area contributed by atoms with E-state index in [1.165, 1.54) is 11.4 Å². The average molecular weight is 323 g/mol. The van der Waals surface area contributed by atoms with Crippen LogP contribution in [0.4, 0.5) is 19.1 Å². The van der Waals surface area contributed by atoms with Crippen LogP contribution in [-0.4, -0.2) is 26.8 Å². The van der Waals surface area contributed by atoms with Gasteiger partial charge in [0.15, 0.2) is 5.65 Å². The number of nitrogens with zero attached hydrogens (tertiary/aromatic N) is 3. The van der Waals surface area contributed by atoms with Crippen LogP contribution < -0.4 is 5.32 Å². The smallest absolute Gasteiger partial charge is 0.350 e. The Hall–Kier alpha value is -1.31. The van der Waals surface area contributed by atoms with Crippen LogP contribution in [0.3, 0.4) is 0 Å². The maximum absolute atomic E-state index is 12.2. The second kappa shape index (κ2) is 4.75. The highest BCUT2D eigenvalue weighted by molar-refractivity contribution is 9.10. The van der Waals surface area contributed by atoms with Gasteiger partial charge < -0.3 is 5.32 Å². The van der Waals surface area contributed by atoms with Gasteiger partial charge in [0, 0.05) is 16.7 Å². The predicted molar refractivity (Wildman–Crippen MR) is 64.4 cm³/mol. The van der Waals surface area contributed by atoms with Crippen LogP contribution in [-0.2, 0) is 0 Å². The first kappa shape index (κ1) is 13.1. The molecule has 8 heteroatoms. The molecule has 98 valence electrons. The molecular weight excluding hydrogens is 313 g/mol. The minimum absolute atomic E-state index is 0.185. The van der Waals surface area contributed by atoms with Gasteiger partial charge in [-0.15, -0.1) is 5.10 Å². The summed E-state index contributed by atoms with van der Waals surface area (Å²) in [4.78, 5) is 4.08. The SMILES string of the molecule is CC(CC(F)(F)F)Nc1nc2ccc(Br)cn2n1. The van der Waals surface area contributed by atoms with Crippen LogP contribution in [0.5, 0.6) is 0 Å². The Balaban J connectivity index is 2.12. The number of aromatic nitrogens is 3. The maximum atomic E-state index is 12.2. The summed E-state index contributed by atoms with van der Waals surface area (Å²) in [5, 5.41) is 6.67. The molecule has 2 aromatic rings. The highest BCUT2D eigenvalue weighted by Crippen LogP contribution is 2.22. The summed E-state index contributed by atoms with van der Waals surface area (Å²) in [6.45, 7) is 1.44. The largest absolute Gasteiger partial charge is 0.391 e. The number of halogens is 4. The zero-order chi connectivity index (χ0) is 13.3. The molecule has 0 spiro atoms. The van der Waals surface area contributed by atoms with Crippen molar-refractivity contribution in [1.29, 1.82) is 0 Å². The molecule has 4 nitrogen and oxygen atoms in total. The van der Waals surface area contributed by atoms with Gasteiger partial charge in [-0.25, -0.2) is 4.52 Å². The average Bonchev–Trinajstić information content (AvgIpc) is 2.55. The van der Waals surface area contributed by atoms with E-state index in [1.54, 1.807) is 18.3 Å². The molecule has 0 saturated heterocycles. The molecule has 1 unspecified atom stereocenters. The van der Waals surface area contributed by atoms with E-state index in [9.17, 15) is 13.2 Å². The van der Waals surface area contributed by atoms with Crippen molar-refractivity contribution in [2.75, 3.05) is 5.32 Å². The van der Waals surface area contributed by atoms with Gasteiger partial charge in [-0.1, -0.05) is 0 Å². The zero-order valence-electron chi connectivity index (χ0n) is 9.37. The van der Waals surface area contributed by atoms with E-state index >= 15 is 0 Å². The molecule has 2 aromatic heterocycles. The Labute approximate surface area is 109 Å². The first-order valence-electron chi connectivity index (χ1n) is 5.19. The number of fused-ring (bicyclic) bond motifs is 1.